The summed E-state index contributed by atoms with van der Waals surface area (Å²) in [6.07, 6.45) is 8.32. The van der Waals surface area contributed by atoms with Crippen LogP contribution in [0, 0.1) is 11.3 Å². The molecule has 1 saturated carbocycles. The van der Waals surface area contributed by atoms with Gasteiger partial charge in [-0.05, 0) is 66.7 Å². The third-order valence-electron chi connectivity index (χ3n) is 10.4. The Bertz CT molecular complexity index is 2120. The highest BCUT2D eigenvalue weighted by Crippen LogP contribution is 2.44. The normalized spacial score (nSPS) is 23.9. The van der Waals surface area contributed by atoms with E-state index in [0.29, 0.717) is 66.4 Å². The molecule has 7 rings (SSSR count). The van der Waals surface area contributed by atoms with Crippen LogP contribution < -0.4 is 15.4 Å². The van der Waals surface area contributed by atoms with Gasteiger partial charge in [0.05, 0.1) is 30.8 Å². The minimum Gasteiger partial charge on any atom is -0.496 e. The van der Waals surface area contributed by atoms with E-state index in [1.54, 1.807) is 36.5 Å². The highest BCUT2D eigenvalue weighted by atomic mass is 35.5. The SMILES string of the molecule is COc1cc(C(=O)NC2(c3nc4cc(CN5CCC(F)(CO)CC5)cc(C#N)c4o3)C=CC=C(c3ccccc3Cl)C2Cl)ncc1CN[C@H]1C[C@H](O)C1. The molecule has 2 aromatic carbocycles. The second-order valence-corrected chi connectivity index (χ2v) is 14.8. The van der Waals surface area contributed by atoms with Crippen LogP contribution in [0.25, 0.3) is 16.7 Å². The van der Waals surface area contributed by atoms with Gasteiger partial charge in [-0.2, -0.15) is 5.26 Å². The Morgan fingerprint density at radius 1 is 1.23 bits per heavy atom. The fourth-order valence-electron chi connectivity index (χ4n) is 7.12. The number of alkyl halides is 2. The fraction of sp³-hybridized carbons (Fsp3) is 0.385. The lowest BCUT2D eigenvalue weighted by atomic mass is 9.82. The Labute approximate surface area is 316 Å². The number of hydrogen-bond donors (Lipinski definition) is 4. The number of aliphatic hydroxyl groups excluding tert-OH is 2. The van der Waals surface area contributed by atoms with E-state index in [-0.39, 0.29) is 47.7 Å². The summed E-state index contributed by atoms with van der Waals surface area (Å²) >= 11 is 14.0. The van der Waals surface area contributed by atoms with Crippen LogP contribution in [0.5, 0.6) is 5.75 Å². The number of carbonyl (C=O) groups excluding carboxylic acids is 1. The molecule has 3 aliphatic rings. The number of rotatable bonds is 11. The van der Waals surface area contributed by atoms with Crippen molar-refractivity contribution in [1.29, 1.82) is 5.26 Å². The first-order valence-corrected chi connectivity index (χ1v) is 18.3. The maximum atomic E-state index is 14.7. The van der Waals surface area contributed by atoms with Gasteiger partial charge in [0.2, 0.25) is 5.89 Å². The van der Waals surface area contributed by atoms with E-state index in [9.17, 15) is 24.7 Å². The zero-order valence-electron chi connectivity index (χ0n) is 29.0. The number of nitriles is 1. The molecule has 3 heterocycles. The molecule has 1 aliphatic heterocycles. The number of oxazole rings is 1. The molecular formula is C39H39Cl2FN6O5. The van der Waals surface area contributed by atoms with Crippen molar-refractivity contribution in [1.82, 2.24) is 25.5 Å². The highest BCUT2D eigenvalue weighted by Gasteiger charge is 2.47. The molecule has 0 bridgehead atoms. The summed E-state index contributed by atoms with van der Waals surface area (Å²) in [6, 6.07) is 14.7. The Kier molecular flexibility index (Phi) is 10.6. The molecule has 0 spiro atoms. The lowest BCUT2D eigenvalue weighted by Crippen LogP contribution is -2.52. The van der Waals surface area contributed by atoms with Gasteiger partial charge in [-0.25, -0.2) is 9.37 Å². The topological polar surface area (TPSA) is 157 Å². The van der Waals surface area contributed by atoms with Crippen LogP contribution in [0.4, 0.5) is 4.39 Å². The predicted octanol–water partition coefficient (Wildman–Crippen LogP) is 5.55. The Balaban J connectivity index is 1.23. The molecule has 276 valence electrons. The van der Waals surface area contributed by atoms with E-state index in [1.165, 1.54) is 7.11 Å². The molecule has 4 aromatic rings. The fourth-order valence-corrected chi connectivity index (χ4v) is 7.78. The summed E-state index contributed by atoms with van der Waals surface area (Å²) in [6.45, 7) is 1.28. The van der Waals surface area contributed by atoms with Crippen LogP contribution in [0.2, 0.25) is 5.02 Å². The molecule has 2 unspecified atom stereocenters. The third-order valence-corrected chi connectivity index (χ3v) is 11.3. The van der Waals surface area contributed by atoms with E-state index >= 15 is 0 Å². The van der Waals surface area contributed by atoms with Gasteiger partial charge in [-0.15, -0.1) is 11.6 Å². The lowest BCUT2D eigenvalue weighted by molar-refractivity contribution is 0.00675. The van der Waals surface area contributed by atoms with Gasteiger partial charge in [0, 0.05) is 55.1 Å². The number of aliphatic hydroxyl groups is 2. The molecule has 53 heavy (non-hydrogen) atoms. The number of piperidine rings is 1. The maximum absolute atomic E-state index is 14.7. The number of carbonyl (C=O) groups is 1. The van der Waals surface area contributed by atoms with E-state index < -0.39 is 29.1 Å². The number of nitrogens with zero attached hydrogens (tertiary/aromatic N) is 4. The van der Waals surface area contributed by atoms with Gasteiger partial charge in [-0.3, -0.25) is 14.7 Å². The average Bonchev–Trinajstić information content (AvgIpc) is 3.60. The highest BCUT2D eigenvalue weighted by molar-refractivity contribution is 6.34. The van der Waals surface area contributed by atoms with Gasteiger partial charge in [0.25, 0.3) is 5.91 Å². The first-order valence-electron chi connectivity index (χ1n) is 17.5. The van der Waals surface area contributed by atoms with Crippen molar-refractivity contribution < 1.29 is 28.6 Å². The second kappa shape index (κ2) is 15.2. The van der Waals surface area contributed by atoms with Gasteiger partial charge in [0.15, 0.2) is 11.1 Å². The molecular weight excluding hydrogens is 722 g/mol. The lowest BCUT2D eigenvalue weighted by Gasteiger charge is -2.36. The van der Waals surface area contributed by atoms with Crippen LogP contribution in [0.1, 0.15) is 64.3 Å². The minimum atomic E-state index is -1.58. The van der Waals surface area contributed by atoms with Crippen LogP contribution in [-0.2, 0) is 18.6 Å². The molecule has 0 radical (unpaired) electrons. The molecule has 2 aliphatic carbocycles. The van der Waals surface area contributed by atoms with Gasteiger partial charge in [-0.1, -0.05) is 42.0 Å². The Hall–Kier alpha value is -4.35. The van der Waals surface area contributed by atoms with Crippen molar-refractivity contribution >= 4 is 45.8 Å². The van der Waals surface area contributed by atoms with Crippen molar-refractivity contribution in [2.24, 2.45) is 0 Å². The number of benzene rings is 2. The van der Waals surface area contributed by atoms with Crippen LogP contribution in [-0.4, -0.2) is 81.0 Å². The standard InChI is InChI=1S/C39H39Cl2FN6O5/c1-52-33-17-32(45-20-25(33)19-44-26-15-27(50)16-26)36(51)47-39(8-4-6-29(35(39)41)28-5-2-3-7-30(28)40)37-46-31-14-23(13-24(18-43)34(31)53-37)21-48-11-9-38(42,22-49)10-12-48/h2-8,13-14,17,20,26-27,35,44,49-50H,9-12,15-16,19,21-22H2,1H3,(H,47,51)/t26-,27-,35?,39?. The number of ether oxygens (including phenoxy) is 1. The van der Waals surface area contributed by atoms with Crippen molar-refractivity contribution in [2.75, 3.05) is 26.8 Å². The summed E-state index contributed by atoms with van der Waals surface area (Å²) < 4.78 is 26.7. The van der Waals surface area contributed by atoms with Crippen molar-refractivity contribution in [3.63, 3.8) is 0 Å². The van der Waals surface area contributed by atoms with Gasteiger partial charge >= 0.3 is 0 Å². The smallest absolute Gasteiger partial charge is 0.271 e. The molecule has 2 fully saturated rings. The first-order chi connectivity index (χ1) is 25.5. The summed E-state index contributed by atoms with van der Waals surface area (Å²) in [5.74, 6) is -0.0804. The molecule has 1 amide bonds. The number of hydrogen-bond acceptors (Lipinski definition) is 10. The molecule has 14 heteroatoms. The van der Waals surface area contributed by atoms with E-state index in [0.717, 1.165) is 11.1 Å². The van der Waals surface area contributed by atoms with E-state index in [4.69, 9.17) is 37.3 Å². The van der Waals surface area contributed by atoms with E-state index in [1.807, 2.05) is 30.3 Å². The molecule has 2 atom stereocenters. The van der Waals surface area contributed by atoms with Gasteiger partial charge < -0.3 is 30.0 Å². The minimum absolute atomic E-state index is 0.0435. The number of methoxy groups -OCH3 is 1. The zero-order valence-corrected chi connectivity index (χ0v) is 30.5. The van der Waals surface area contributed by atoms with Crippen molar-refractivity contribution in [3.05, 3.63) is 106 Å². The largest absolute Gasteiger partial charge is 0.496 e. The van der Waals surface area contributed by atoms with E-state index in [2.05, 4.69) is 26.6 Å². The molecule has 4 N–H and O–H groups in total. The monoisotopic (exact) mass is 760 g/mol. The Morgan fingerprint density at radius 3 is 2.70 bits per heavy atom. The zero-order chi connectivity index (χ0) is 37.3. The predicted molar refractivity (Wildman–Crippen MR) is 198 cm³/mol. The van der Waals surface area contributed by atoms with Crippen LogP contribution in [0.15, 0.2) is 71.3 Å². The summed E-state index contributed by atoms with van der Waals surface area (Å²) in [5, 5.41) is 35.2. The number of allylic oxidation sites excluding steroid dienone is 2. The number of nitrogens with one attached hydrogen (secondary N) is 2. The van der Waals surface area contributed by atoms with Gasteiger partial charge in [0.1, 0.15) is 28.7 Å². The second-order valence-electron chi connectivity index (χ2n) is 13.9. The maximum Gasteiger partial charge on any atom is 0.271 e. The molecule has 11 nitrogen and oxygen atoms in total. The summed E-state index contributed by atoms with van der Waals surface area (Å²) in [4.78, 5) is 25.6. The molecule has 1 saturated heterocycles. The number of pyridine rings is 1. The van der Waals surface area contributed by atoms with Crippen LogP contribution in [0.3, 0.4) is 0 Å². The number of fused-ring (bicyclic) bond motifs is 1. The summed E-state index contributed by atoms with van der Waals surface area (Å²) in [7, 11) is 1.52. The quantitative estimate of drug-likeness (QED) is 0.143. The Morgan fingerprint density at radius 2 is 2.00 bits per heavy atom. The number of halogens is 3. The van der Waals surface area contributed by atoms with Crippen LogP contribution >= 0.6 is 23.2 Å². The summed E-state index contributed by atoms with van der Waals surface area (Å²) in [5.41, 5.74) is 0.544. The molecule has 2 aromatic heterocycles. The van der Waals surface area contributed by atoms with Crippen molar-refractivity contribution in [3.8, 4) is 11.8 Å². The number of amides is 1. The third kappa shape index (κ3) is 7.42. The number of aromatic nitrogens is 2. The average molecular weight is 762 g/mol. The van der Waals surface area contributed by atoms with Crippen molar-refractivity contribution in [2.45, 2.75) is 67.5 Å². The number of likely N-dealkylation sites (tertiary alicyclic amines) is 1. The first kappa shape index (κ1) is 37.0.